The van der Waals surface area contributed by atoms with Gasteiger partial charge in [0, 0.05) is 11.3 Å². The quantitative estimate of drug-likeness (QED) is 0.674. The van der Waals surface area contributed by atoms with Crippen molar-refractivity contribution in [1.82, 2.24) is 10.2 Å². The lowest BCUT2D eigenvalue weighted by Gasteiger charge is -2.23. The Morgan fingerprint density at radius 1 is 1.33 bits per heavy atom. The molecule has 0 spiro atoms. The summed E-state index contributed by atoms with van der Waals surface area (Å²) in [6.45, 7) is 5.75. The van der Waals surface area contributed by atoms with Gasteiger partial charge in [0.2, 0.25) is 0 Å². The number of aromatic carboxylic acids is 1. The third-order valence-electron chi connectivity index (χ3n) is 3.46. The van der Waals surface area contributed by atoms with E-state index in [9.17, 15) is 15.0 Å². The smallest absolute Gasteiger partial charge is 0.339 e. The van der Waals surface area contributed by atoms with E-state index in [2.05, 4.69) is 15.5 Å². The second kappa shape index (κ2) is 8.19. The molecule has 2 atom stereocenters. The summed E-state index contributed by atoms with van der Waals surface area (Å²) in [5, 5.41) is 30.0. The number of aliphatic hydroxyl groups excluding tert-OH is 1. The zero-order chi connectivity index (χ0) is 16.0. The highest BCUT2D eigenvalue weighted by molar-refractivity contribution is 7.99. The first-order valence-electron chi connectivity index (χ1n) is 7.01. The standard InChI is InChI=1S/C14H23N3O3S/c1-5-9-10(6-2)16-17-13(12(9)14(19)20)15-8(3)11(7-18)21-4/h8,11,18H,5-7H2,1-4H3,(H,15,17)(H,19,20). The number of anilines is 1. The van der Waals surface area contributed by atoms with Crippen LogP contribution in [0.4, 0.5) is 5.82 Å². The van der Waals surface area contributed by atoms with Crippen molar-refractivity contribution >= 4 is 23.5 Å². The van der Waals surface area contributed by atoms with E-state index in [1.807, 2.05) is 27.0 Å². The molecule has 0 aliphatic rings. The average Bonchev–Trinajstić information content (AvgIpc) is 2.47. The van der Waals surface area contributed by atoms with Crippen LogP contribution in [0.25, 0.3) is 0 Å². The number of rotatable bonds is 8. The third-order valence-corrected chi connectivity index (χ3v) is 4.63. The Morgan fingerprint density at radius 2 is 2.00 bits per heavy atom. The van der Waals surface area contributed by atoms with Gasteiger partial charge in [0.05, 0.1) is 12.3 Å². The summed E-state index contributed by atoms with van der Waals surface area (Å²) < 4.78 is 0. The third kappa shape index (κ3) is 4.07. The Labute approximate surface area is 129 Å². The van der Waals surface area contributed by atoms with Gasteiger partial charge >= 0.3 is 5.97 Å². The van der Waals surface area contributed by atoms with Crippen LogP contribution in [0.5, 0.6) is 0 Å². The molecule has 2 unspecified atom stereocenters. The molecular weight excluding hydrogens is 290 g/mol. The summed E-state index contributed by atoms with van der Waals surface area (Å²) in [7, 11) is 0. The van der Waals surface area contributed by atoms with E-state index in [0.29, 0.717) is 12.8 Å². The average molecular weight is 313 g/mol. The number of thioether (sulfide) groups is 1. The van der Waals surface area contributed by atoms with Gasteiger partial charge < -0.3 is 15.5 Å². The fraction of sp³-hybridized carbons (Fsp3) is 0.643. The van der Waals surface area contributed by atoms with Crippen molar-refractivity contribution in [3.05, 3.63) is 16.8 Å². The molecule has 6 nitrogen and oxygen atoms in total. The number of carboxylic acids is 1. The van der Waals surface area contributed by atoms with Crippen molar-refractivity contribution in [2.24, 2.45) is 0 Å². The van der Waals surface area contributed by atoms with Gasteiger partial charge in [-0.2, -0.15) is 16.9 Å². The number of hydrogen-bond acceptors (Lipinski definition) is 6. The number of hydrogen-bond donors (Lipinski definition) is 3. The lowest BCUT2D eigenvalue weighted by atomic mass is 10.0. The molecule has 0 aromatic carbocycles. The van der Waals surface area contributed by atoms with Gasteiger partial charge in [-0.05, 0) is 31.6 Å². The Kier molecular flexibility index (Phi) is 6.91. The van der Waals surface area contributed by atoms with Crippen LogP contribution in [0, 0.1) is 0 Å². The Bertz CT molecular complexity index is 493. The largest absolute Gasteiger partial charge is 0.478 e. The van der Waals surface area contributed by atoms with Gasteiger partial charge in [-0.1, -0.05) is 13.8 Å². The highest BCUT2D eigenvalue weighted by Crippen LogP contribution is 2.23. The van der Waals surface area contributed by atoms with E-state index in [1.165, 1.54) is 11.8 Å². The molecule has 0 saturated carbocycles. The number of nitrogens with one attached hydrogen (secondary N) is 1. The van der Waals surface area contributed by atoms with Gasteiger partial charge in [0.15, 0.2) is 5.82 Å². The summed E-state index contributed by atoms with van der Waals surface area (Å²) >= 11 is 1.52. The lowest BCUT2D eigenvalue weighted by Crippen LogP contribution is -2.32. The fourth-order valence-electron chi connectivity index (χ4n) is 2.25. The van der Waals surface area contributed by atoms with Crippen LogP contribution in [0.15, 0.2) is 0 Å². The zero-order valence-electron chi connectivity index (χ0n) is 12.9. The maximum absolute atomic E-state index is 11.6. The van der Waals surface area contributed by atoms with Crippen LogP contribution in [0.2, 0.25) is 0 Å². The highest BCUT2D eigenvalue weighted by atomic mass is 32.2. The Hall–Kier alpha value is -1.34. The zero-order valence-corrected chi connectivity index (χ0v) is 13.7. The monoisotopic (exact) mass is 313 g/mol. The molecule has 0 saturated heterocycles. The molecule has 0 aliphatic carbocycles. The van der Waals surface area contributed by atoms with Crippen molar-refractivity contribution in [2.45, 2.75) is 44.9 Å². The molecule has 0 bridgehead atoms. The van der Waals surface area contributed by atoms with Gasteiger partial charge in [-0.25, -0.2) is 4.79 Å². The molecule has 1 aromatic rings. The number of aryl methyl sites for hydroxylation is 1. The van der Waals surface area contributed by atoms with Crippen LogP contribution in [0.3, 0.4) is 0 Å². The van der Waals surface area contributed by atoms with Crippen LogP contribution < -0.4 is 5.32 Å². The Morgan fingerprint density at radius 3 is 2.43 bits per heavy atom. The van der Waals surface area contributed by atoms with Gasteiger partial charge in [0.25, 0.3) is 0 Å². The molecule has 0 radical (unpaired) electrons. The first-order valence-corrected chi connectivity index (χ1v) is 8.30. The van der Waals surface area contributed by atoms with E-state index >= 15 is 0 Å². The van der Waals surface area contributed by atoms with Crippen molar-refractivity contribution < 1.29 is 15.0 Å². The number of carboxylic acid groups (broad SMARTS) is 1. The predicted octanol–water partition coefficient (Wildman–Crippen LogP) is 1.82. The first kappa shape index (κ1) is 17.7. The molecule has 21 heavy (non-hydrogen) atoms. The van der Waals surface area contributed by atoms with Gasteiger partial charge in [-0.3, -0.25) is 0 Å². The molecule has 1 heterocycles. The lowest BCUT2D eigenvalue weighted by molar-refractivity contribution is 0.0696. The molecule has 0 amide bonds. The van der Waals surface area contributed by atoms with Crippen molar-refractivity contribution in [1.29, 1.82) is 0 Å². The van der Waals surface area contributed by atoms with Gasteiger partial charge in [0.1, 0.15) is 5.56 Å². The molecule has 0 fully saturated rings. The molecule has 0 aliphatic heterocycles. The molecule has 1 rings (SSSR count). The van der Waals surface area contributed by atoms with Crippen LogP contribution in [-0.4, -0.2) is 50.5 Å². The predicted molar refractivity (Wildman–Crippen MR) is 85.2 cm³/mol. The van der Waals surface area contributed by atoms with Crippen molar-refractivity contribution in [2.75, 3.05) is 18.2 Å². The topological polar surface area (TPSA) is 95.3 Å². The second-order valence-corrected chi connectivity index (χ2v) is 5.83. The maximum Gasteiger partial charge on any atom is 0.339 e. The first-order chi connectivity index (χ1) is 9.99. The summed E-state index contributed by atoms with van der Waals surface area (Å²) in [6.07, 6.45) is 3.15. The van der Waals surface area contributed by atoms with E-state index in [-0.39, 0.29) is 29.3 Å². The molecular formula is C14H23N3O3S. The van der Waals surface area contributed by atoms with Crippen LogP contribution >= 0.6 is 11.8 Å². The van der Waals surface area contributed by atoms with E-state index in [0.717, 1.165) is 11.3 Å². The fourth-order valence-corrected chi connectivity index (χ4v) is 2.87. The molecule has 7 heteroatoms. The summed E-state index contributed by atoms with van der Waals surface area (Å²) in [5.41, 5.74) is 1.63. The highest BCUT2D eigenvalue weighted by Gasteiger charge is 2.23. The number of nitrogens with zero attached hydrogens (tertiary/aromatic N) is 2. The SMILES string of the molecule is CCc1nnc(NC(C)C(CO)SC)c(C(=O)O)c1CC. The minimum atomic E-state index is -1.00. The minimum absolute atomic E-state index is 0.0127. The van der Waals surface area contributed by atoms with Crippen LogP contribution in [-0.2, 0) is 12.8 Å². The minimum Gasteiger partial charge on any atom is -0.478 e. The summed E-state index contributed by atoms with van der Waals surface area (Å²) in [6, 6.07) is -0.116. The van der Waals surface area contributed by atoms with Crippen LogP contribution in [0.1, 0.15) is 42.4 Å². The summed E-state index contributed by atoms with van der Waals surface area (Å²) in [5.74, 6) is -0.729. The molecule has 118 valence electrons. The molecule has 1 aromatic heterocycles. The normalized spacial score (nSPS) is 13.8. The number of carbonyl (C=O) groups is 1. The van der Waals surface area contributed by atoms with E-state index in [1.54, 1.807) is 0 Å². The van der Waals surface area contributed by atoms with E-state index in [4.69, 9.17) is 0 Å². The summed E-state index contributed by atoms with van der Waals surface area (Å²) in [4.78, 5) is 11.6. The Balaban J connectivity index is 3.21. The molecule has 3 N–H and O–H groups in total. The van der Waals surface area contributed by atoms with Crippen molar-refractivity contribution in [3.63, 3.8) is 0 Å². The maximum atomic E-state index is 11.6. The number of aliphatic hydroxyl groups is 1. The second-order valence-electron chi connectivity index (χ2n) is 4.75. The number of aromatic nitrogens is 2. The van der Waals surface area contributed by atoms with Gasteiger partial charge in [-0.15, -0.1) is 5.10 Å². The van der Waals surface area contributed by atoms with Crippen molar-refractivity contribution in [3.8, 4) is 0 Å². The van der Waals surface area contributed by atoms with E-state index < -0.39 is 5.97 Å².